The van der Waals surface area contributed by atoms with E-state index >= 15 is 0 Å². The van der Waals surface area contributed by atoms with Crippen LogP contribution in [0.1, 0.15) is 28.9 Å². The molecule has 8 heteroatoms. The number of nitrogens with two attached hydrogens (primary N) is 1. The second-order valence-corrected chi connectivity index (χ2v) is 6.28. The van der Waals surface area contributed by atoms with Gasteiger partial charge in [-0.2, -0.15) is 0 Å². The van der Waals surface area contributed by atoms with E-state index in [0.717, 1.165) is 0 Å². The number of hydrogen-bond acceptors (Lipinski definition) is 4. The van der Waals surface area contributed by atoms with Crippen molar-refractivity contribution in [3.05, 3.63) is 64.1 Å². The van der Waals surface area contributed by atoms with Crippen LogP contribution in [0.5, 0.6) is 0 Å². The molecule has 1 aromatic carbocycles. The van der Waals surface area contributed by atoms with Crippen molar-refractivity contribution >= 4 is 15.9 Å². The summed E-state index contributed by atoms with van der Waals surface area (Å²) in [4.78, 5) is 26.0. The molecular formula is C14H15N3O4S. The quantitative estimate of drug-likeness (QED) is 0.759. The Balaban J connectivity index is 2.16. The van der Waals surface area contributed by atoms with Crippen LogP contribution < -0.4 is 16.0 Å². The van der Waals surface area contributed by atoms with Crippen LogP contribution in [0.15, 0.2) is 52.3 Å². The van der Waals surface area contributed by atoms with Gasteiger partial charge in [0.25, 0.3) is 11.5 Å². The molecule has 2 aromatic rings. The lowest BCUT2D eigenvalue weighted by molar-refractivity contribution is 0.0938. The molecule has 0 fully saturated rings. The predicted octanol–water partition coefficient (Wildman–Crippen LogP) is 0.513. The molecular weight excluding hydrogens is 306 g/mol. The third-order valence-corrected chi connectivity index (χ3v) is 4.05. The molecule has 0 aliphatic rings. The normalized spacial score (nSPS) is 12.6. The van der Waals surface area contributed by atoms with Crippen molar-refractivity contribution in [3.63, 3.8) is 0 Å². The number of nitrogens with one attached hydrogen (secondary N) is 2. The van der Waals surface area contributed by atoms with E-state index in [2.05, 4.69) is 10.3 Å². The monoisotopic (exact) mass is 321 g/mol. The highest BCUT2D eigenvalue weighted by atomic mass is 32.2. The molecule has 0 radical (unpaired) electrons. The summed E-state index contributed by atoms with van der Waals surface area (Å²) in [5.74, 6) is -0.509. The van der Waals surface area contributed by atoms with E-state index in [0.29, 0.717) is 5.56 Å². The zero-order chi connectivity index (χ0) is 16.3. The van der Waals surface area contributed by atoms with Crippen molar-refractivity contribution in [3.8, 4) is 0 Å². The Morgan fingerprint density at radius 1 is 1.23 bits per heavy atom. The molecule has 0 aliphatic carbocycles. The van der Waals surface area contributed by atoms with E-state index in [4.69, 9.17) is 5.14 Å². The van der Waals surface area contributed by atoms with Gasteiger partial charge in [-0.15, -0.1) is 0 Å². The molecule has 0 saturated carbocycles. The average Bonchev–Trinajstić information content (AvgIpc) is 2.46. The molecule has 22 heavy (non-hydrogen) atoms. The van der Waals surface area contributed by atoms with Gasteiger partial charge < -0.3 is 10.3 Å². The smallest absolute Gasteiger partial charge is 0.260 e. The molecule has 0 saturated heterocycles. The third kappa shape index (κ3) is 3.60. The Labute approximate surface area is 127 Å². The van der Waals surface area contributed by atoms with Gasteiger partial charge in [-0.3, -0.25) is 9.59 Å². The minimum absolute atomic E-state index is 0.00530. The van der Waals surface area contributed by atoms with Gasteiger partial charge in [0.05, 0.1) is 10.9 Å². The topological polar surface area (TPSA) is 122 Å². The SMILES string of the molecule is C[C@@H](NC(=O)c1ccc[nH]c1=O)c1ccc(S(N)(=O)=O)cc1. The van der Waals surface area contributed by atoms with Gasteiger partial charge in [-0.05, 0) is 36.8 Å². The van der Waals surface area contributed by atoms with E-state index in [9.17, 15) is 18.0 Å². The van der Waals surface area contributed by atoms with Crippen LogP contribution in [0.25, 0.3) is 0 Å². The highest BCUT2D eigenvalue weighted by molar-refractivity contribution is 7.89. The predicted molar refractivity (Wildman–Crippen MR) is 80.8 cm³/mol. The first-order valence-corrected chi connectivity index (χ1v) is 7.95. The number of primary sulfonamides is 1. The lowest BCUT2D eigenvalue weighted by Crippen LogP contribution is -2.31. The summed E-state index contributed by atoms with van der Waals surface area (Å²) in [5, 5.41) is 7.69. The molecule has 0 spiro atoms. The maximum Gasteiger partial charge on any atom is 0.260 e. The molecule has 1 heterocycles. The van der Waals surface area contributed by atoms with Gasteiger partial charge in [-0.25, -0.2) is 13.6 Å². The third-order valence-electron chi connectivity index (χ3n) is 3.12. The van der Waals surface area contributed by atoms with Crippen molar-refractivity contribution in [2.24, 2.45) is 5.14 Å². The molecule has 0 unspecified atom stereocenters. The number of aromatic amines is 1. The van der Waals surface area contributed by atoms with E-state index in [1.54, 1.807) is 25.1 Å². The minimum Gasteiger partial charge on any atom is -0.345 e. The van der Waals surface area contributed by atoms with Crippen LogP contribution in [-0.2, 0) is 10.0 Å². The summed E-state index contributed by atoms with van der Waals surface area (Å²) in [6.45, 7) is 1.72. The molecule has 1 atom stereocenters. The van der Waals surface area contributed by atoms with Gasteiger partial charge in [0.1, 0.15) is 5.56 Å². The fourth-order valence-electron chi connectivity index (χ4n) is 1.90. The van der Waals surface area contributed by atoms with Crippen LogP contribution in [0.2, 0.25) is 0 Å². The maximum absolute atomic E-state index is 12.0. The van der Waals surface area contributed by atoms with E-state index < -0.39 is 27.5 Å². The lowest BCUT2D eigenvalue weighted by atomic mass is 10.1. The van der Waals surface area contributed by atoms with Crippen LogP contribution >= 0.6 is 0 Å². The van der Waals surface area contributed by atoms with Crippen molar-refractivity contribution in [1.82, 2.24) is 10.3 Å². The van der Waals surface area contributed by atoms with Gasteiger partial charge in [0.15, 0.2) is 0 Å². The zero-order valence-corrected chi connectivity index (χ0v) is 12.6. The first-order chi connectivity index (χ1) is 10.3. The summed E-state index contributed by atoms with van der Waals surface area (Å²) in [5.41, 5.74) is 0.223. The van der Waals surface area contributed by atoms with E-state index in [-0.39, 0.29) is 10.5 Å². The average molecular weight is 321 g/mol. The van der Waals surface area contributed by atoms with Crippen molar-refractivity contribution in [2.45, 2.75) is 17.9 Å². The van der Waals surface area contributed by atoms with Crippen LogP contribution in [0.3, 0.4) is 0 Å². The van der Waals surface area contributed by atoms with Gasteiger partial charge in [0.2, 0.25) is 10.0 Å². The second kappa shape index (κ2) is 6.12. The van der Waals surface area contributed by atoms with E-state index in [1.807, 2.05) is 0 Å². The summed E-state index contributed by atoms with van der Waals surface area (Å²) in [7, 11) is -3.75. The van der Waals surface area contributed by atoms with Crippen molar-refractivity contribution in [2.75, 3.05) is 0 Å². The zero-order valence-electron chi connectivity index (χ0n) is 11.7. The van der Waals surface area contributed by atoms with Gasteiger partial charge in [-0.1, -0.05) is 12.1 Å². The molecule has 7 nitrogen and oxygen atoms in total. The molecule has 1 aromatic heterocycles. The van der Waals surface area contributed by atoms with E-state index in [1.165, 1.54) is 24.4 Å². The molecule has 4 N–H and O–H groups in total. The molecule has 0 bridgehead atoms. The number of benzene rings is 1. The standard InChI is InChI=1S/C14H15N3O4S/c1-9(10-4-6-11(7-5-10)22(15,20)21)17-14(19)12-3-2-8-16-13(12)18/h2-9H,1H3,(H,16,18)(H,17,19)(H2,15,20,21)/t9-/m1/s1. The molecule has 0 aliphatic heterocycles. The Morgan fingerprint density at radius 2 is 1.86 bits per heavy atom. The Hall–Kier alpha value is -2.45. The summed E-state index contributed by atoms with van der Waals surface area (Å²) in [6.07, 6.45) is 1.44. The number of carbonyl (C=O) groups is 1. The summed E-state index contributed by atoms with van der Waals surface area (Å²) in [6, 6.07) is 8.42. The number of hydrogen-bond donors (Lipinski definition) is 3. The Kier molecular flexibility index (Phi) is 4.43. The number of pyridine rings is 1. The second-order valence-electron chi connectivity index (χ2n) is 4.72. The first-order valence-electron chi connectivity index (χ1n) is 6.40. The highest BCUT2D eigenvalue weighted by Crippen LogP contribution is 2.15. The molecule has 2 rings (SSSR count). The van der Waals surface area contributed by atoms with Crippen LogP contribution in [0.4, 0.5) is 0 Å². The number of carbonyl (C=O) groups excluding carboxylic acids is 1. The first kappa shape index (κ1) is 15.9. The molecule has 116 valence electrons. The van der Waals surface area contributed by atoms with Gasteiger partial charge in [0, 0.05) is 6.20 Å². The summed E-state index contributed by atoms with van der Waals surface area (Å²) >= 11 is 0. The number of sulfonamides is 1. The maximum atomic E-state index is 12.0. The van der Waals surface area contributed by atoms with Crippen LogP contribution in [0, 0.1) is 0 Å². The van der Waals surface area contributed by atoms with Crippen molar-refractivity contribution < 1.29 is 13.2 Å². The lowest BCUT2D eigenvalue weighted by Gasteiger charge is -2.14. The Bertz CT molecular complexity index is 841. The molecule has 1 amide bonds. The number of H-pyrrole nitrogens is 1. The van der Waals surface area contributed by atoms with Gasteiger partial charge >= 0.3 is 0 Å². The fourth-order valence-corrected chi connectivity index (χ4v) is 2.42. The summed E-state index contributed by atoms with van der Waals surface area (Å²) < 4.78 is 22.4. The number of aromatic nitrogens is 1. The van der Waals surface area contributed by atoms with Crippen LogP contribution in [-0.4, -0.2) is 19.3 Å². The minimum atomic E-state index is -3.75. The highest BCUT2D eigenvalue weighted by Gasteiger charge is 2.15. The number of rotatable bonds is 4. The fraction of sp³-hybridized carbons (Fsp3) is 0.143. The largest absolute Gasteiger partial charge is 0.345 e. The Morgan fingerprint density at radius 3 is 2.41 bits per heavy atom. The number of amides is 1. The van der Waals surface area contributed by atoms with Crippen molar-refractivity contribution in [1.29, 1.82) is 0 Å².